The molecule has 0 unspecified atom stereocenters. The zero-order valence-electron chi connectivity index (χ0n) is 15.9. The summed E-state index contributed by atoms with van der Waals surface area (Å²) in [4.78, 5) is 8.67. The minimum absolute atomic E-state index is 0.151. The normalized spacial score (nSPS) is 11.4. The molecule has 0 saturated heterocycles. The molecule has 0 amide bonds. The molecule has 0 aliphatic rings. The van der Waals surface area contributed by atoms with Gasteiger partial charge in [-0.15, -0.1) is 0 Å². The Kier molecular flexibility index (Phi) is 5.90. The molecule has 0 fully saturated rings. The predicted molar refractivity (Wildman–Crippen MR) is 118 cm³/mol. The third-order valence-corrected chi connectivity index (χ3v) is 6.22. The van der Waals surface area contributed by atoms with Crippen molar-refractivity contribution < 1.29 is 8.42 Å². The summed E-state index contributed by atoms with van der Waals surface area (Å²) in [6.07, 6.45) is 5.10. The molecule has 0 radical (unpaired) electrons. The number of nitrogens with one attached hydrogen (secondary N) is 1. The van der Waals surface area contributed by atoms with E-state index in [0.29, 0.717) is 5.02 Å². The molecule has 0 spiro atoms. The van der Waals surface area contributed by atoms with E-state index in [4.69, 9.17) is 11.6 Å². The van der Waals surface area contributed by atoms with Crippen molar-refractivity contribution in [2.45, 2.75) is 11.4 Å². The van der Waals surface area contributed by atoms with Crippen molar-refractivity contribution in [1.82, 2.24) is 14.7 Å². The molecule has 7 heteroatoms. The molecule has 0 bridgehead atoms. The summed E-state index contributed by atoms with van der Waals surface area (Å²) in [6, 6.07) is 21.6. The maximum Gasteiger partial charge on any atom is 0.240 e. The second-order valence-electron chi connectivity index (χ2n) is 6.65. The summed E-state index contributed by atoms with van der Waals surface area (Å²) >= 11 is 6.03. The van der Waals surface area contributed by atoms with Crippen LogP contribution < -0.4 is 4.72 Å². The summed E-state index contributed by atoms with van der Waals surface area (Å²) in [5, 5.41) is 0.633. The van der Waals surface area contributed by atoms with Crippen molar-refractivity contribution in [1.29, 1.82) is 0 Å². The maximum atomic E-state index is 12.6. The van der Waals surface area contributed by atoms with Crippen LogP contribution in [0.25, 0.3) is 22.4 Å². The largest absolute Gasteiger partial charge is 0.264 e. The summed E-state index contributed by atoms with van der Waals surface area (Å²) in [5.74, 6) is 0. The highest BCUT2D eigenvalue weighted by Gasteiger charge is 2.14. The Morgan fingerprint density at radius 1 is 0.833 bits per heavy atom. The van der Waals surface area contributed by atoms with Crippen LogP contribution in [0.1, 0.15) is 5.56 Å². The van der Waals surface area contributed by atoms with E-state index in [-0.39, 0.29) is 11.4 Å². The van der Waals surface area contributed by atoms with E-state index in [1.807, 2.05) is 42.5 Å². The van der Waals surface area contributed by atoms with Crippen LogP contribution in [0.2, 0.25) is 5.02 Å². The SMILES string of the molecule is O=S(=O)(NCc1ccc(-c2cccnc2)nc1)c1ccc(-c2cccc(Cl)c2)cc1. The molecule has 5 nitrogen and oxygen atoms in total. The van der Waals surface area contributed by atoms with Crippen LogP contribution in [0.3, 0.4) is 0 Å². The molecule has 0 saturated carbocycles. The molecule has 2 heterocycles. The molecule has 1 N–H and O–H groups in total. The Morgan fingerprint density at radius 2 is 1.63 bits per heavy atom. The van der Waals surface area contributed by atoms with Gasteiger partial charge in [-0.25, -0.2) is 13.1 Å². The highest BCUT2D eigenvalue weighted by Crippen LogP contribution is 2.24. The van der Waals surface area contributed by atoms with Crippen LogP contribution in [0, 0.1) is 0 Å². The Morgan fingerprint density at radius 3 is 2.30 bits per heavy atom. The fraction of sp³-hybridized carbons (Fsp3) is 0.0435. The van der Waals surface area contributed by atoms with Crippen LogP contribution in [0.5, 0.6) is 0 Å². The van der Waals surface area contributed by atoms with Gasteiger partial charge in [-0.2, -0.15) is 0 Å². The third kappa shape index (κ3) is 4.74. The van der Waals surface area contributed by atoms with Crippen LogP contribution in [-0.4, -0.2) is 18.4 Å². The maximum absolute atomic E-state index is 12.6. The monoisotopic (exact) mass is 435 g/mol. The Balaban J connectivity index is 1.44. The van der Waals surface area contributed by atoms with E-state index >= 15 is 0 Å². The number of halogens is 1. The first kappa shape index (κ1) is 20.2. The molecule has 0 atom stereocenters. The molecule has 30 heavy (non-hydrogen) atoms. The number of hydrogen-bond donors (Lipinski definition) is 1. The van der Waals surface area contributed by atoms with Crippen molar-refractivity contribution in [3.63, 3.8) is 0 Å². The van der Waals surface area contributed by atoms with E-state index in [9.17, 15) is 8.42 Å². The topological polar surface area (TPSA) is 72.0 Å². The quantitative estimate of drug-likeness (QED) is 0.465. The summed E-state index contributed by atoms with van der Waals surface area (Å²) in [6.45, 7) is 0.151. The summed E-state index contributed by atoms with van der Waals surface area (Å²) in [5.41, 5.74) is 4.28. The van der Waals surface area contributed by atoms with E-state index in [0.717, 1.165) is 27.9 Å². The summed E-state index contributed by atoms with van der Waals surface area (Å²) < 4.78 is 27.9. The molecule has 4 rings (SSSR count). The average Bonchev–Trinajstić information content (AvgIpc) is 2.79. The zero-order valence-corrected chi connectivity index (χ0v) is 17.4. The lowest BCUT2D eigenvalue weighted by Gasteiger charge is -2.09. The lowest BCUT2D eigenvalue weighted by molar-refractivity contribution is 0.581. The van der Waals surface area contributed by atoms with Crippen molar-refractivity contribution in [2.24, 2.45) is 0 Å². The van der Waals surface area contributed by atoms with Gasteiger partial charge in [0, 0.05) is 35.7 Å². The first-order valence-electron chi connectivity index (χ1n) is 9.22. The summed E-state index contributed by atoms with van der Waals surface area (Å²) in [7, 11) is -3.64. The number of hydrogen-bond acceptors (Lipinski definition) is 4. The van der Waals surface area contributed by atoms with Gasteiger partial charge in [-0.1, -0.05) is 41.9 Å². The van der Waals surface area contributed by atoms with Gasteiger partial charge in [0.25, 0.3) is 0 Å². The number of benzene rings is 2. The Hall–Kier alpha value is -3.06. The number of rotatable bonds is 6. The van der Waals surface area contributed by atoms with Crippen LogP contribution >= 0.6 is 11.6 Å². The van der Waals surface area contributed by atoms with E-state index in [1.165, 1.54) is 0 Å². The lowest BCUT2D eigenvalue weighted by Crippen LogP contribution is -2.23. The number of pyridine rings is 2. The molecular formula is C23H18ClN3O2S. The molecule has 2 aromatic heterocycles. The van der Waals surface area contributed by atoms with Crippen molar-refractivity contribution in [2.75, 3.05) is 0 Å². The highest BCUT2D eigenvalue weighted by atomic mass is 35.5. The minimum Gasteiger partial charge on any atom is -0.264 e. The van der Waals surface area contributed by atoms with Gasteiger partial charge in [0.1, 0.15) is 0 Å². The first-order chi connectivity index (χ1) is 14.5. The molecule has 0 aliphatic carbocycles. The zero-order chi connectivity index (χ0) is 21.0. The first-order valence-corrected chi connectivity index (χ1v) is 11.1. The fourth-order valence-electron chi connectivity index (χ4n) is 2.97. The number of sulfonamides is 1. The highest BCUT2D eigenvalue weighted by molar-refractivity contribution is 7.89. The molecule has 0 aliphatic heterocycles. The smallest absolute Gasteiger partial charge is 0.240 e. The molecule has 150 valence electrons. The van der Waals surface area contributed by atoms with Gasteiger partial charge in [0.15, 0.2) is 0 Å². The standard InChI is InChI=1S/C23H18ClN3O2S/c24-21-5-1-3-19(13-21)18-7-9-22(10-8-18)30(28,29)27-15-17-6-11-23(26-14-17)20-4-2-12-25-16-20/h1-14,16,27H,15H2. The molecule has 2 aromatic carbocycles. The lowest BCUT2D eigenvalue weighted by atomic mass is 10.1. The van der Waals surface area contributed by atoms with Gasteiger partial charge in [-0.3, -0.25) is 9.97 Å². The van der Waals surface area contributed by atoms with Gasteiger partial charge in [-0.05, 0) is 59.2 Å². The second-order valence-corrected chi connectivity index (χ2v) is 8.86. The fourth-order valence-corrected chi connectivity index (χ4v) is 4.18. The van der Waals surface area contributed by atoms with Crippen LogP contribution in [-0.2, 0) is 16.6 Å². The molecular weight excluding hydrogens is 418 g/mol. The van der Waals surface area contributed by atoms with E-state index < -0.39 is 10.0 Å². The average molecular weight is 436 g/mol. The Bertz CT molecular complexity index is 1240. The van der Waals surface area contributed by atoms with Crippen LogP contribution in [0.4, 0.5) is 0 Å². The van der Waals surface area contributed by atoms with Gasteiger partial charge >= 0.3 is 0 Å². The number of aromatic nitrogens is 2. The van der Waals surface area contributed by atoms with E-state index in [2.05, 4.69) is 14.7 Å². The van der Waals surface area contributed by atoms with Crippen molar-refractivity contribution in [3.05, 3.63) is 102 Å². The second kappa shape index (κ2) is 8.75. The molecule has 4 aromatic rings. The van der Waals surface area contributed by atoms with Gasteiger partial charge in [0.2, 0.25) is 10.0 Å². The van der Waals surface area contributed by atoms with Crippen LogP contribution in [0.15, 0.2) is 96.3 Å². The third-order valence-electron chi connectivity index (χ3n) is 4.57. The van der Waals surface area contributed by atoms with Crippen molar-refractivity contribution in [3.8, 4) is 22.4 Å². The van der Waals surface area contributed by atoms with Gasteiger partial charge in [0.05, 0.1) is 10.6 Å². The number of nitrogens with zero attached hydrogens (tertiary/aromatic N) is 2. The minimum atomic E-state index is -3.64. The van der Waals surface area contributed by atoms with Gasteiger partial charge < -0.3 is 0 Å². The van der Waals surface area contributed by atoms with Crippen molar-refractivity contribution >= 4 is 21.6 Å². The Labute approximate surface area is 180 Å². The predicted octanol–water partition coefficient (Wildman–Crippen LogP) is 4.94. The van der Waals surface area contributed by atoms with E-state index in [1.54, 1.807) is 48.9 Å².